The van der Waals surface area contributed by atoms with Crippen LogP contribution in [0.1, 0.15) is 40.7 Å². The minimum atomic E-state index is -0.814. The van der Waals surface area contributed by atoms with Gasteiger partial charge in [-0.05, 0) is 77.9 Å². The number of carboxylic acid groups (broad SMARTS) is 1. The molecule has 34 heavy (non-hydrogen) atoms. The van der Waals surface area contributed by atoms with Crippen LogP contribution in [0.25, 0.3) is 11.6 Å². The predicted molar refractivity (Wildman–Crippen MR) is 136 cm³/mol. The average Bonchev–Trinajstić information content (AvgIpc) is 2.78. The number of aryl methyl sites for hydroxylation is 2. The lowest BCUT2D eigenvalue weighted by molar-refractivity contribution is -0.136. The van der Waals surface area contributed by atoms with Gasteiger partial charge in [-0.3, -0.25) is 4.79 Å². The molecule has 0 amide bonds. The SMILES string of the molecule is Cc1ccc(/C=C(\CCSc2ccc(CNCCC(=O)O)cc2)c2cc(F)cc(F)c2)cc1C. The molecule has 3 aromatic rings. The van der Waals surface area contributed by atoms with Gasteiger partial charge in [-0.2, -0.15) is 0 Å². The summed E-state index contributed by atoms with van der Waals surface area (Å²) in [5.74, 6) is -1.22. The van der Waals surface area contributed by atoms with Crippen LogP contribution in [-0.2, 0) is 11.3 Å². The van der Waals surface area contributed by atoms with Gasteiger partial charge in [0.2, 0.25) is 0 Å². The summed E-state index contributed by atoms with van der Waals surface area (Å²) < 4.78 is 27.8. The van der Waals surface area contributed by atoms with Crippen molar-refractivity contribution in [1.82, 2.24) is 5.32 Å². The van der Waals surface area contributed by atoms with E-state index in [1.54, 1.807) is 11.8 Å². The molecule has 3 nitrogen and oxygen atoms in total. The summed E-state index contributed by atoms with van der Waals surface area (Å²) in [6, 6.07) is 17.9. The van der Waals surface area contributed by atoms with Crippen molar-refractivity contribution >= 4 is 29.4 Å². The summed E-state index contributed by atoms with van der Waals surface area (Å²) in [5, 5.41) is 11.8. The number of allylic oxidation sites excluding steroid dienone is 1. The minimum Gasteiger partial charge on any atom is -0.481 e. The van der Waals surface area contributed by atoms with E-state index in [4.69, 9.17) is 5.11 Å². The molecule has 0 bridgehead atoms. The summed E-state index contributed by atoms with van der Waals surface area (Å²) in [6.07, 6.45) is 2.76. The van der Waals surface area contributed by atoms with Crippen LogP contribution in [0, 0.1) is 25.5 Å². The largest absolute Gasteiger partial charge is 0.481 e. The van der Waals surface area contributed by atoms with Gasteiger partial charge in [-0.15, -0.1) is 11.8 Å². The Morgan fingerprint density at radius 2 is 1.65 bits per heavy atom. The molecule has 0 atom stereocenters. The zero-order valence-corrected chi connectivity index (χ0v) is 20.2. The van der Waals surface area contributed by atoms with Gasteiger partial charge in [0.25, 0.3) is 0 Å². The van der Waals surface area contributed by atoms with Crippen molar-refractivity contribution in [3.8, 4) is 0 Å². The monoisotopic (exact) mass is 481 g/mol. The van der Waals surface area contributed by atoms with Gasteiger partial charge in [-0.1, -0.05) is 36.4 Å². The average molecular weight is 482 g/mol. The molecular formula is C28H29F2NO2S. The van der Waals surface area contributed by atoms with E-state index in [9.17, 15) is 13.6 Å². The van der Waals surface area contributed by atoms with Crippen molar-refractivity contribution in [2.45, 2.75) is 38.1 Å². The third kappa shape index (κ3) is 8.12. The van der Waals surface area contributed by atoms with E-state index < -0.39 is 17.6 Å². The van der Waals surface area contributed by atoms with E-state index in [0.29, 0.717) is 25.1 Å². The van der Waals surface area contributed by atoms with Crippen molar-refractivity contribution < 1.29 is 18.7 Å². The van der Waals surface area contributed by atoms with E-state index in [-0.39, 0.29) is 6.42 Å². The van der Waals surface area contributed by atoms with Gasteiger partial charge in [0.15, 0.2) is 0 Å². The van der Waals surface area contributed by atoms with Gasteiger partial charge in [0.05, 0.1) is 6.42 Å². The highest BCUT2D eigenvalue weighted by Gasteiger charge is 2.08. The molecule has 0 unspecified atom stereocenters. The number of carboxylic acids is 1. The molecule has 0 heterocycles. The van der Waals surface area contributed by atoms with Crippen molar-refractivity contribution in [3.63, 3.8) is 0 Å². The maximum atomic E-state index is 13.9. The van der Waals surface area contributed by atoms with Crippen molar-refractivity contribution in [2.75, 3.05) is 12.3 Å². The number of aliphatic carboxylic acids is 1. The maximum absolute atomic E-state index is 13.9. The summed E-state index contributed by atoms with van der Waals surface area (Å²) in [6.45, 7) is 5.16. The van der Waals surface area contributed by atoms with Gasteiger partial charge < -0.3 is 10.4 Å². The van der Waals surface area contributed by atoms with Gasteiger partial charge >= 0.3 is 5.97 Å². The van der Waals surface area contributed by atoms with Crippen molar-refractivity contribution in [2.24, 2.45) is 0 Å². The highest BCUT2D eigenvalue weighted by molar-refractivity contribution is 7.99. The van der Waals surface area contributed by atoms with Crippen molar-refractivity contribution in [3.05, 3.63) is 100 Å². The Labute approximate surface area is 203 Å². The number of carbonyl (C=O) groups is 1. The van der Waals surface area contributed by atoms with Crippen molar-refractivity contribution in [1.29, 1.82) is 0 Å². The molecule has 178 valence electrons. The molecule has 6 heteroatoms. The highest BCUT2D eigenvalue weighted by Crippen LogP contribution is 2.28. The Morgan fingerprint density at radius 1 is 0.941 bits per heavy atom. The van der Waals surface area contributed by atoms with Crippen LogP contribution in [0.15, 0.2) is 65.6 Å². The normalized spacial score (nSPS) is 11.6. The zero-order valence-electron chi connectivity index (χ0n) is 19.4. The summed E-state index contributed by atoms with van der Waals surface area (Å²) >= 11 is 1.68. The van der Waals surface area contributed by atoms with Crippen LogP contribution in [0.3, 0.4) is 0 Å². The molecule has 0 fully saturated rings. The summed E-state index contributed by atoms with van der Waals surface area (Å²) in [7, 11) is 0. The van der Waals surface area contributed by atoms with Crippen LogP contribution < -0.4 is 5.32 Å². The Morgan fingerprint density at radius 3 is 2.29 bits per heavy atom. The van der Waals surface area contributed by atoms with Gasteiger partial charge in [0, 0.05) is 29.8 Å². The minimum absolute atomic E-state index is 0.0984. The number of hydrogen-bond donors (Lipinski definition) is 2. The third-order valence-electron chi connectivity index (χ3n) is 5.51. The summed E-state index contributed by atoms with van der Waals surface area (Å²) in [4.78, 5) is 11.7. The molecule has 3 aromatic carbocycles. The van der Waals surface area contributed by atoms with E-state index in [2.05, 4.69) is 31.3 Å². The molecule has 0 aromatic heterocycles. The van der Waals surface area contributed by atoms with Gasteiger partial charge in [-0.25, -0.2) is 8.78 Å². The molecule has 3 rings (SSSR count). The fraction of sp³-hybridized carbons (Fsp3) is 0.250. The third-order valence-corrected chi connectivity index (χ3v) is 6.53. The number of nitrogens with one attached hydrogen (secondary N) is 1. The van der Waals surface area contributed by atoms with Crippen LogP contribution >= 0.6 is 11.8 Å². The number of halogens is 2. The second-order valence-electron chi connectivity index (χ2n) is 8.23. The maximum Gasteiger partial charge on any atom is 0.304 e. The first-order valence-electron chi connectivity index (χ1n) is 11.2. The molecule has 2 N–H and O–H groups in total. The molecule has 0 aliphatic heterocycles. The standard InChI is InChI=1S/C28H29F2NO2S/c1-19-3-4-22(13-20(19)2)14-23(24-15-25(29)17-26(30)16-24)10-12-34-27-7-5-21(6-8-27)18-31-11-9-28(32)33/h3-8,13-17,31H,9-12,18H2,1-2H3,(H,32,33)/b23-14+. The van der Waals surface area contributed by atoms with Crippen LogP contribution in [0.5, 0.6) is 0 Å². The van der Waals surface area contributed by atoms with E-state index in [1.165, 1.54) is 23.3 Å². The zero-order chi connectivity index (χ0) is 24.5. The smallest absolute Gasteiger partial charge is 0.304 e. The Bertz CT molecular complexity index is 1140. The molecule has 0 saturated carbocycles. The summed E-state index contributed by atoms with van der Waals surface area (Å²) in [5.41, 5.74) is 5.90. The Hall–Kier alpha value is -2.96. The Kier molecular flexibility index (Phi) is 9.42. The fourth-order valence-electron chi connectivity index (χ4n) is 3.51. The second kappa shape index (κ2) is 12.5. The molecule has 0 radical (unpaired) electrons. The molecule has 0 saturated heterocycles. The van der Waals surface area contributed by atoms with Gasteiger partial charge in [0.1, 0.15) is 11.6 Å². The molecular weight excluding hydrogens is 452 g/mol. The lowest BCUT2D eigenvalue weighted by atomic mass is 9.98. The highest BCUT2D eigenvalue weighted by atomic mass is 32.2. The molecule has 0 spiro atoms. The first-order chi connectivity index (χ1) is 16.3. The molecule has 0 aliphatic rings. The number of hydrogen-bond acceptors (Lipinski definition) is 3. The lowest BCUT2D eigenvalue weighted by Gasteiger charge is -2.11. The van der Waals surface area contributed by atoms with E-state index >= 15 is 0 Å². The Balaban J connectivity index is 1.67. The first-order valence-corrected chi connectivity index (χ1v) is 12.2. The second-order valence-corrected chi connectivity index (χ2v) is 9.40. The van der Waals surface area contributed by atoms with E-state index in [0.717, 1.165) is 33.4 Å². The van der Waals surface area contributed by atoms with Crippen LogP contribution in [0.4, 0.5) is 8.78 Å². The van der Waals surface area contributed by atoms with Crippen LogP contribution in [-0.4, -0.2) is 23.4 Å². The lowest BCUT2D eigenvalue weighted by Crippen LogP contribution is -2.17. The van der Waals surface area contributed by atoms with E-state index in [1.807, 2.05) is 36.4 Å². The fourth-order valence-corrected chi connectivity index (χ4v) is 4.39. The quantitative estimate of drug-likeness (QED) is 0.178. The number of benzene rings is 3. The first kappa shape index (κ1) is 25.7. The molecule has 0 aliphatic carbocycles. The number of thioether (sulfide) groups is 1. The van der Waals surface area contributed by atoms with Crippen LogP contribution in [0.2, 0.25) is 0 Å². The number of rotatable bonds is 11. The topological polar surface area (TPSA) is 49.3 Å². The predicted octanol–water partition coefficient (Wildman–Crippen LogP) is 6.87.